The topological polar surface area (TPSA) is 50.1 Å². The number of rotatable bonds is 3. The van der Waals surface area contributed by atoms with Crippen LogP contribution in [0.15, 0.2) is 16.7 Å². The molecule has 2 rings (SSSR count). The zero-order chi connectivity index (χ0) is 13.0. The van der Waals surface area contributed by atoms with Crippen LogP contribution in [0.4, 0.5) is 0 Å². The van der Waals surface area contributed by atoms with Crippen LogP contribution in [0.25, 0.3) is 5.70 Å². The molecule has 1 aliphatic rings. The number of aromatic nitrogens is 1. The maximum atomic E-state index is 5.49. The van der Waals surface area contributed by atoms with Crippen LogP contribution >= 0.6 is 12.2 Å². The van der Waals surface area contributed by atoms with Crippen LogP contribution in [0.3, 0.4) is 0 Å². The summed E-state index contributed by atoms with van der Waals surface area (Å²) >= 11 is 5.49. The molecule has 0 spiro atoms. The van der Waals surface area contributed by atoms with Gasteiger partial charge in [-0.25, -0.2) is 0 Å². The van der Waals surface area contributed by atoms with Crippen molar-refractivity contribution in [3.8, 4) is 0 Å². The van der Waals surface area contributed by atoms with Crippen molar-refractivity contribution in [2.75, 3.05) is 13.1 Å². The van der Waals surface area contributed by atoms with Gasteiger partial charge in [0.05, 0.1) is 10.7 Å². The molecule has 2 heterocycles. The summed E-state index contributed by atoms with van der Waals surface area (Å²) in [5.74, 6) is 1.27. The molecule has 0 aromatic carbocycles. The first-order chi connectivity index (χ1) is 8.70. The molecule has 1 aromatic rings. The fourth-order valence-corrected chi connectivity index (χ4v) is 2.44. The van der Waals surface area contributed by atoms with Crippen LogP contribution < -0.4 is 10.6 Å². The molecule has 4 nitrogen and oxygen atoms in total. The fraction of sp³-hybridized carbons (Fsp3) is 0.538. The quantitative estimate of drug-likeness (QED) is 0.821. The first kappa shape index (κ1) is 13.2. The maximum absolute atomic E-state index is 5.49. The van der Waals surface area contributed by atoms with Gasteiger partial charge in [-0.2, -0.15) is 0 Å². The molecule has 5 heteroatoms. The summed E-state index contributed by atoms with van der Waals surface area (Å²) in [6.45, 7) is 5.94. The number of aryl methyl sites for hydroxylation is 1. The third kappa shape index (κ3) is 3.17. The summed E-state index contributed by atoms with van der Waals surface area (Å²) < 4.78 is 5.09. The van der Waals surface area contributed by atoms with E-state index in [0.29, 0.717) is 5.92 Å². The monoisotopic (exact) mass is 265 g/mol. The van der Waals surface area contributed by atoms with Crippen molar-refractivity contribution in [1.82, 2.24) is 15.8 Å². The van der Waals surface area contributed by atoms with E-state index < -0.39 is 0 Å². The van der Waals surface area contributed by atoms with Crippen molar-refractivity contribution in [1.29, 1.82) is 0 Å². The van der Waals surface area contributed by atoms with Gasteiger partial charge < -0.3 is 15.2 Å². The molecule has 0 atom stereocenters. The van der Waals surface area contributed by atoms with E-state index in [1.807, 2.05) is 26.0 Å². The van der Waals surface area contributed by atoms with E-state index in [0.717, 1.165) is 48.1 Å². The van der Waals surface area contributed by atoms with Crippen molar-refractivity contribution in [3.05, 3.63) is 23.6 Å². The molecule has 0 bridgehead atoms. The molecular weight excluding hydrogens is 246 g/mol. The zero-order valence-corrected chi connectivity index (χ0v) is 11.6. The molecule has 0 unspecified atom stereocenters. The molecule has 0 radical (unpaired) electrons. The highest BCUT2D eigenvalue weighted by Gasteiger charge is 2.19. The lowest BCUT2D eigenvalue weighted by Gasteiger charge is -2.24. The zero-order valence-electron chi connectivity index (χ0n) is 10.8. The Labute approximate surface area is 113 Å². The Balaban J connectivity index is 2.00. The predicted molar refractivity (Wildman–Crippen MR) is 76.2 cm³/mol. The number of piperidine rings is 1. The van der Waals surface area contributed by atoms with Gasteiger partial charge in [0.1, 0.15) is 11.5 Å². The van der Waals surface area contributed by atoms with E-state index in [-0.39, 0.29) is 0 Å². The Morgan fingerprint density at radius 2 is 2.28 bits per heavy atom. The average Bonchev–Trinajstić information content (AvgIpc) is 2.83. The Morgan fingerprint density at radius 3 is 2.83 bits per heavy atom. The summed E-state index contributed by atoms with van der Waals surface area (Å²) in [7, 11) is 0. The van der Waals surface area contributed by atoms with Gasteiger partial charge in [0.15, 0.2) is 0 Å². The standard InChI is InChI=1S/C13H19N3OS/c1-3-11(12-8-9(2)17-16-12)15-13(18)10-4-6-14-7-5-10/h3,8,10,14H,4-7H2,1-2H3,(H,15,18)/b11-3-. The van der Waals surface area contributed by atoms with Gasteiger partial charge in [0.2, 0.25) is 0 Å². The summed E-state index contributed by atoms with van der Waals surface area (Å²) in [5.41, 5.74) is 1.74. The number of hydrogen-bond donors (Lipinski definition) is 2. The average molecular weight is 265 g/mol. The van der Waals surface area contributed by atoms with E-state index in [2.05, 4.69) is 15.8 Å². The first-order valence-electron chi connectivity index (χ1n) is 6.32. The summed E-state index contributed by atoms with van der Waals surface area (Å²) in [4.78, 5) is 0.908. The molecule has 0 aliphatic carbocycles. The largest absolute Gasteiger partial charge is 0.361 e. The van der Waals surface area contributed by atoms with Gasteiger partial charge in [0.25, 0.3) is 0 Å². The first-order valence-corrected chi connectivity index (χ1v) is 6.73. The molecule has 0 saturated carbocycles. The summed E-state index contributed by atoms with van der Waals surface area (Å²) in [5, 5.41) is 10.7. The van der Waals surface area contributed by atoms with Crippen LogP contribution in [0.1, 0.15) is 31.2 Å². The van der Waals surface area contributed by atoms with Gasteiger partial charge in [-0.1, -0.05) is 23.5 Å². The second-order valence-electron chi connectivity index (χ2n) is 4.54. The van der Waals surface area contributed by atoms with E-state index >= 15 is 0 Å². The normalized spacial score (nSPS) is 17.8. The van der Waals surface area contributed by atoms with E-state index in [1.54, 1.807) is 0 Å². The van der Waals surface area contributed by atoms with Gasteiger partial charge >= 0.3 is 0 Å². The minimum Gasteiger partial charge on any atom is -0.361 e. The Morgan fingerprint density at radius 1 is 1.56 bits per heavy atom. The number of hydrogen-bond acceptors (Lipinski definition) is 4. The predicted octanol–water partition coefficient (Wildman–Crippen LogP) is 2.26. The van der Waals surface area contributed by atoms with E-state index in [9.17, 15) is 0 Å². The molecule has 98 valence electrons. The minimum absolute atomic E-state index is 0.462. The summed E-state index contributed by atoms with van der Waals surface area (Å²) in [6.07, 6.45) is 4.17. The second-order valence-corrected chi connectivity index (χ2v) is 4.98. The van der Waals surface area contributed by atoms with Crippen LogP contribution in [0.2, 0.25) is 0 Å². The highest BCUT2D eigenvalue weighted by molar-refractivity contribution is 7.80. The third-order valence-electron chi connectivity index (χ3n) is 3.16. The number of nitrogens with zero attached hydrogens (tertiary/aromatic N) is 1. The SMILES string of the molecule is C/C=C(\NC(=S)C1CCNCC1)c1cc(C)on1. The van der Waals surface area contributed by atoms with Crippen molar-refractivity contribution in [2.24, 2.45) is 5.92 Å². The summed E-state index contributed by atoms with van der Waals surface area (Å²) in [6, 6.07) is 1.91. The Kier molecular flexibility index (Phi) is 4.49. The highest BCUT2D eigenvalue weighted by Crippen LogP contribution is 2.17. The van der Waals surface area contributed by atoms with Crippen LogP contribution in [-0.2, 0) is 0 Å². The third-order valence-corrected chi connectivity index (χ3v) is 3.60. The van der Waals surface area contributed by atoms with Crippen LogP contribution in [0, 0.1) is 12.8 Å². The molecule has 1 fully saturated rings. The van der Waals surface area contributed by atoms with Crippen molar-refractivity contribution in [2.45, 2.75) is 26.7 Å². The van der Waals surface area contributed by atoms with Gasteiger partial charge in [-0.15, -0.1) is 0 Å². The Bertz CT molecular complexity index is 447. The lowest BCUT2D eigenvalue weighted by molar-refractivity contribution is 0.395. The molecule has 18 heavy (non-hydrogen) atoms. The van der Waals surface area contributed by atoms with E-state index in [1.165, 1.54) is 0 Å². The number of nitrogens with one attached hydrogen (secondary N) is 2. The lowest BCUT2D eigenvalue weighted by Crippen LogP contribution is -2.36. The van der Waals surface area contributed by atoms with E-state index in [4.69, 9.17) is 16.7 Å². The van der Waals surface area contributed by atoms with Gasteiger partial charge in [0, 0.05) is 12.0 Å². The maximum Gasteiger partial charge on any atom is 0.134 e. The van der Waals surface area contributed by atoms with Crippen molar-refractivity contribution in [3.63, 3.8) is 0 Å². The van der Waals surface area contributed by atoms with Crippen LogP contribution in [-0.4, -0.2) is 23.2 Å². The fourth-order valence-electron chi connectivity index (χ4n) is 2.10. The Hall–Kier alpha value is -1.20. The smallest absolute Gasteiger partial charge is 0.134 e. The molecule has 2 N–H and O–H groups in total. The molecule has 1 aromatic heterocycles. The molecule has 0 amide bonds. The van der Waals surface area contributed by atoms with Crippen molar-refractivity contribution < 1.29 is 4.52 Å². The molecule has 1 aliphatic heterocycles. The van der Waals surface area contributed by atoms with Crippen molar-refractivity contribution >= 4 is 22.9 Å². The molecular formula is C13H19N3OS. The lowest BCUT2D eigenvalue weighted by atomic mass is 9.98. The van der Waals surface area contributed by atoms with Gasteiger partial charge in [-0.05, 0) is 39.8 Å². The van der Waals surface area contributed by atoms with Gasteiger partial charge in [-0.3, -0.25) is 0 Å². The minimum atomic E-state index is 0.462. The molecule has 1 saturated heterocycles. The second kappa shape index (κ2) is 6.11. The highest BCUT2D eigenvalue weighted by atomic mass is 32.1. The van der Waals surface area contributed by atoms with Crippen LogP contribution in [0.5, 0.6) is 0 Å². The number of thiocarbonyl (C=S) groups is 1. The number of allylic oxidation sites excluding steroid dienone is 1.